The maximum Gasteiger partial charge on any atom is 0.272 e. The summed E-state index contributed by atoms with van der Waals surface area (Å²) in [6.45, 7) is 5.56. The fourth-order valence-electron chi connectivity index (χ4n) is 2.70. The van der Waals surface area contributed by atoms with Crippen molar-refractivity contribution in [3.63, 3.8) is 0 Å². The zero-order valence-corrected chi connectivity index (χ0v) is 14.8. The van der Waals surface area contributed by atoms with Crippen LogP contribution in [0.3, 0.4) is 0 Å². The van der Waals surface area contributed by atoms with Gasteiger partial charge in [0.25, 0.3) is 11.8 Å². The van der Waals surface area contributed by atoms with Crippen molar-refractivity contribution in [2.24, 2.45) is 0 Å². The standard InChI is InChI=1S/C19H21N3O4/c1-3-22(4-2)19(24)15-10-14(7-8-20-15)18(23)21-11-13-5-6-16-17(9-13)26-12-25-16/h5-10H,3-4,11-12H2,1-2H3,(H,21,23). The van der Waals surface area contributed by atoms with Crippen molar-refractivity contribution in [1.82, 2.24) is 15.2 Å². The van der Waals surface area contributed by atoms with Crippen molar-refractivity contribution in [1.29, 1.82) is 0 Å². The average molecular weight is 355 g/mol. The minimum Gasteiger partial charge on any atom is -0.454 e. The van der Waals surface area contributed by atoms with Crippen LogP contribution in [0, 0.1) is 0 Å². The zero-order chi connectivity index (χ0) is 18.5. The van der Waals surface area contributed by atoms with Gasteiger partial charge in [-0.15, -0.1) is 0 Å². The van der Waals surface area contributed by atoms with Crippen molar-refractivity contribution in [2.75, 3.05) is 19.9 Å². The first-order valence-electron chi connectivity index (χ1n) is 8.54. The van der Waals surface area contributed by atoms with Crippen LogP contribution < -0.4 is 14.8 Å². The molecule has 0 aliphatic carbocycles. The lowest BCUT2D eigenvalue weighted by Gasteiger charge is -2.18. The van der Waals surface area contributed by atoms with E-state index in [1.54, 1.807) is 11.0 Å². The van der Waals surface area contributed by atoms with Gasteiger partial charge in [0.05, 0.1) is 0 Å². The predicted molar refractivity (Wildman–Crippen MR) is 95.2 cm³/mol. The van der Waals surface area contributed by atoms with Gasteiger partial charge >= 0.3 is 0 Å². The molecular formula is C19H21N3O4. The summed E-state index contributed by atoms with van der Waals surface area (Å²) < 4.78 is 10.6. The van der Waals surface area contributed by atoms with Gasteiger partial charge in [-0.05, 0) is 43.7 Å². The second-order valence-corrected chi connectivity index (χ2v) is 5.78. The molecule has 1 aliphatic heterocycles. The Hall–Kier alpha value is -3.09. The molecule has 0 bridgehead atoms. The molecule has 2 heterocycles. The summed E-state index contributed by atoms with van der Waals surface area (Å²) in [4.78, 5) is 30.5. The molecule has 1 aromatic heterocycles. The molecule has 0 spiro atoms. The fraction of sp³-hybridized carbons (Fsp3) is 0.316. The molecule has 2 aromatic rings. The molecule has 136 valence electrons. The number of benzene rings is 1. The number of hydrogen-bond donors (Lipinski definition) is 1. The fourth-order valence-corrected chi connectivity index (χ4v) is 2.70. The summed E-state index contributed by atoms with van der Waals surface area (Å²) in [5.41, 5.74) is 1.57. The summed E-state index contributed by atoms with van der Waals surface area (Å²) >= 11 is 0. The number of amides is 2. The molecule has 1 aromatic carbocycles. The van der Waals surface area contributed by atoms with Gasteiger partial charge in [0, 0.05) is 31.4 Å². The van der Waals surface area contributed by atoms with E-state index in [4.69, 9.17) is 9.47 Å². The number of nitrogens with zero attached hydrogens (tertiary/aromatic N) is 2. The molecule has 0 saturated carbocycles. The highest BCUT2D eigenvalue weighted by atomic mass is 16.7. The number of pyridine rings is 1. The average Bonchev–Trinajstić information content (AvgIpc) is 3.15. The molecule has 0 atom stereocenters. The van der Waals surface area contributed by atoms with Gasteiger partial charge in [-0.3, -0.25) is 14.6 Å². The van der Waals surface area contributed by atoms with E-state index in [9.17, 15) is 9.59 Å². The SMILES string of the molecule is CCN(CC)C(=O)c1cc(C(=O)NCc2ccc3c(c2)OCO3)ccn1. The third-order valence-corrected chi connectivity index (χ3v) is 4.18. The Morgan fingerprint density at radius 1 is 1.12 bits per heavy atom. The van der Waals surface area contributed by atoms with Crippen molar-refractivity contribution >= 4 is 11.8 Å². The number of hydrogen-bond acceptors (Lipinski definition) is 5. The summed E-state index contributed by atoms with van der Waals surface area (Å²) in [7, 11) is 0. The van der Waals surface area contributed by atoms with Gasteiger partial charge in [-0.25, -0.2) is 0 Å². The second kappa shape index (κ2) is 7.86. The van der Waals surface area contributed by atoms with E-state index in [1.807, 2.05) is 32.0 Å². The van der Waals surface area contributed by atoms with Crippen molar-refractivity contribution < 1.29 is 19.1 Å². The third-order valence-electron chi connectivity index (χ3n) is 4.18. The van der Waals surface area contributed by atoms with Crippen LogP contribution in [0.5, 0.6) is 11.5 Å². The van der Waals surface area contributed by atoms with Gasteiger partial charge in [0.1, 0.15) is 5.69 Å². The molecule has 2 amide bonds. The number of carbonyl (C=O) groups excluding carboxylic acids is 2. The molecule has 3 rings (SSSR count). The molecule has 0 unspecified atom stereocenters. The molecule has 0 radical (unpaired) electrons. The number of carbonyl (C=O) groups is 2. The van der Waals surface area contributed by atoms with Gasteiger partial charge in [0.15, 0.2) is 11.5 Å². The normalized spacial score (nSPS) is 11.9. The van der Waals surface area contributed by atoms with Gasteiger partial charge in [-0.2, -0.15) is 0 Å². The molecule has 1 N–H and O–H groups in total. The largest absolute Gasteiger partial charge is 0.454 e. The topological polar surface area (TPSA) is 80.8 Å². The maximum absolute atomic E-state index is 12.4. The number of rotatable bonds is 6. The van der Waals surface area contributed by atoms with Crippen LogP contribution in [0.1, 0.15) is 40.3 Å². The Labute approximate surface area is 151 Å². The first-order chi connectivity index (χ1) is 12.6. The quantitative estimate of drug-likeness (QED) is 0.859. The van der Waals surface area contributed by atoms with E-state index in [1.165, 1.54) is 12.3 Å². The number of fused-ring (bicyclic) bond motifs is 1. The number of aromatic nitrogens is 1. The predicted octanol–water partition coefficient (Wildman–Crippen LogP) is 2.22. The van der Waals surface area contributed by atoms with Crippen LogP contribution in [0.4, 0.5) is 0 Å². The van der Waals surface area contributed by atoms with Crippen molar-refractivity contribution in [3.8, 4) is 11.5 Å². The van der Waals surface area contributed by atoms with Crippen LogP contribution in [-0.2, 0) is 6.54 Å². The van der Waals surface area contributed by atoms with Crippen LogP contribution in [0.15, 0.2) is 36.5 Å². The highest BCUT2D eigenvalue weighted by Crippen LogP contribution is 2.32. The second-order valence-electron chi connectivity index (χ2n) is 5.78. The van der Waals surface area contributed by atoms with Crippen LogP contribution >= 0.6 is 0 Å². The highest BCUT2D eigenvalue weighted by molar-refractivity contribution is 5.98. The molecule has 0 saturated heterocycles. The smallest absolute Gasteiger partial charge is 0.272 e. The van der Waals surface area contributed by atoms with Gasteiger partial charge in [-0.1, -0.05) is 6.07 Å². The van der Waals surface area contributed by atoms with Crippen LogP contribution in [0.2, 0.25) is 0 Å². The van der Waals surface area contributed by atoms with Crippen LogP contribution in [-0.4, -0.2) is 41.6 Å². The van der Waals surface area contributed by atoms with Gasteiger partial charge in [0.2, 0.25) is 6.79 Å². The molecule has 1 aliphatic rings. The van der Waals surface area contributed by atoms with E-state index >= 15 is 0 Å². The van der Waals surface area contributed by atoms with Crippen LogP contribution in [0.25, 0.3) is 0 Å². The monoisotopic (exact) mass is 355 g/mol. The summed E-state index contributed by atoms with van der Waals surface area (Å²) in [5, 5.41) is 2.84. The van der Waals surface area contributed by atoms with E-state index < -0.39 is 0 Å². The molecule has 0 fully saturated rings. The van der Waals surface area contributed by atoms with Crippen molar-refractivity contribution in [3.05, 3.63) is 53.3 Å². The minimum absolute atomic E-state index is 0.180. The maximum atomic E-state index is 12.4. The summed E-state index contributed by atoms with van der Waals surface area (Å²) in [5.74, 6) is 0.931. The molecule has 7 heteroatoms. The van der Waals surface area contributed by atoms with Crippen molar-refractivity contribution in [2.45, 2.75) is 20.4 Å². The lowest BCUT2D eigenvalue weighted by molar-refractivity contribution is 0.0767. The summed E-state index contributed by atoms with van der Waals surface area (Å²) in [6.07, 6.45) is 1.48. The van der Waals surface area contributed by atoms with E-state index in [-0.39, 0.29) is 24.3 Å². The van der Waals surface area contributed by atoms with E-state index in [2.05, 4.69) is 10.3 Å². The third kappa shape index (κ3) is 3.77. The van der Waals surface area contributed by atoms with Gasteiger partial charge < -0.3 is 19.7 Å². The Bertz CT molecular complexity index is 818. The zero-order valence-electron chi connectivity index (χ0n) is 14.8. The minimum atomic E-state index is -0.265. The Kier molecular flexibility index (Phi) is 5.36. The number of ether oxygens (including phenoxy) is 2. The number of nitrogens with one attached hydrogen (secondary N) is 1. The lowest BCUT2D eigenvalue weighted by Crippen LogP contribution is -2.31. The Morgan fingerprint density at radius 2 is 1.88 bits per heavy atom. The molecule has 26 heavy (non-hydrogen) atoms. The molecular weight excluding hydrogens is 334 g/mol. The lowest BCUT2D eigenvalue weighted by atomic mass is 10.1. The summed E-state index contributed by atoms with van der Waals surface area (Å²) in [6, 6.07) is 8.64. The first kappa shape index (κ1) is 17.7. The molecule has 7 nitrogen and oxygen atoms in total. The van der Waals surface area contributed by atoms with E-state index in [0.29, 0.717) is 36.7 Å². The highest BCUT2D eigenvalue weighted by Gasteiger charge is 2.17. The first-order valence-corrected chi connectivity index (χ1v) is 8.54. The van der Waals surface area contributed by atoms with E-state index in [0.717, 1.165) is 5.56 Å². The Morgan fingerprint density at radius 3 is 2.65 bits per heavy atom. The Balaban J connectivity index is 1.66.